The first-order valence-electron chi connectivity index (χ1n) is 10.2. The largest absolute Gasteiger partial charge is 0.454 e. The van der Waals surface area contributed by atoms with Crippen LogP contribution in [0.25, 0.3) is 22.4 Å². The maximum atomic E-state index is 12.1. The van der Waals surface area contributed by atoms with Gasteiger partial charge in [-0.2, -0.15) is 5.10 Å². The Kier molecular flexibility index (Phi) is 5.48. The van der Waals surface area contributed by atoms with Crippen LogP contribution in [-0.2, 0) is 18.4 Å². The van der Waals surface area contributed by atoms with E-state index < -0.39 is 0 Å². The molecule has 6 heteroatoms. The quantitative estimate of drug-likeness (QED) is 0.708. The molecule has 28 heavy (non-hydrogen) atoms. The lowest BCUT2D eigenvalue weighted by Crippen LogP contribution is -2.42. The van der Waals surface area contributed by atoms with Gasteiger partial charge in [0.05, 0.1) is 0 Å². The minimum Gasteiger partial charge on any atom is -0.454 e. The fourth-order valence-corrected chi connectivity index (χ4v) is 4.16. The zero-order valence-corrected chi connectivity index (χ0v) is 16.6. The molecule has 1 fully saturated rings. The number of aromatic nitrogens is 2. The molecule has 0 aliphatic carbocycles. The summed E-state index contributed by atoms with van der Waals surface area (Å²) in [4.78, 5) is 14.6. The summed E-state index contributed by atoms with van der Waals surface area (Å²) in [6, 6.07) is 10.4. The molecule has 3 heterocycles. The molecule has 2 aromatic heterocycles. The van der Waals surface area contributed by atoms with Gasteiger partial charge in [-0.3, -0.25) is 14.4 Å². The van der Waals surface area contributed by atoms with E-state index in [0.29, 0.717) is 13.0 Å². The molecule has 1 aliphatic heterocycles. The van der Waals surface area contributed by atoms with E-state index in [1.807, 2.05) is 36.9 Å². The lowest BCUT2D eigenvalue weighted by atomic mass is 9.98. The van der Waals surface area contributed by atoms with Gasteiger partial charge < -0.3 is 9.73 Å². The molecule has 0 bridgehead atoms. The van der Waals surface area contributed by atoms with Gasteiger partial charge in [0.1, 0.15) is 11.3 Å². The van der Waals surface area contributed by atoms with Crippen LogP contribution in [0.15, 0.2) is 40.9 Å². The monoisotopic (exact) mass is 380 g/mol. The number of para-hydroxylation sites is 1. The van der Waals surface area contributed by atoms with Crippen LogP contribution in [0.1, 0.15) is 38.2 Å². The van der Waals surface area contributed by atoms with Crippen LogP contribution < -0.4 is 5.32 Å². The third-order valence-electron chi connectivity index (χ3n) is 5.48. The minimum absolute atomic E-state index is 0.142. The maximum absolute atomic E-state index is 12.1. The molecular formula is C22H28N4O2. The van der Waals surface area contributed by atoms with E-state index in [-0.39, 0.29) is 11.9 Å². The summed E-state index contributed by atoms with van der Waals surface area (Å²) in [5.74, 6) is 0.942. The first-order chi connectivity index (χ1) is 13.6. The second-order valence-corrected chi connectivity index (χ2v) is 7.60. The fraction of sp³-hybridized carbons (Fsp3) is 0.455. The number of hydrogen-bond donors (Lipinski definition) is 1. The Morgan fingerprint density at radius 1 is 1.32 bits per heavy atom. The van der Waals surface area contributed by atoms with Gasteiger partial charge in [0.25, 0.3) is 0 Å². The Labute approximate surface area is 165 Å². The van der Waals surface area contributed by atoms with Crippen molar-refractivity contribution < 1.29 is 9.21 Å². The van der Waals surface area contributed by atoms with Crippen molar-refractivity contribution in [3.8, 4) is 11.5 Å². The molecule has 0 radical (unpaired) electrons. The van der Waals surface area contributed by atoms with Crippen LogP contribution in [0.4, 0.5) is 0 Å². The van der Waals surface area contributed by atoms with E-state index >= 15 is 0 Å². The van der Waals surface area contributed by atoms with E-state index in [9.17, 15) is 4.79 Å². The number of piperidine rings is 1. The highest BCUT2D eigenvalue weighted by Crippen LogP contribution is 2.31. The van der Waals surface area contributed by atoms with Crippen LogP contribution >= 0.6 is 0 Å². The second-order valence-electron chi connectivity index (χ2n) is 7.60. The highest BCUT2D eigenvalue weighted by Gasteiger charge is 2.26. The average molecular weight is 380 g/mol. The number of benzene rings is 1. The number of hydrogen-bond acceptors (Lipinski definition) is 4. The predicted octanol–water partition coefficient (Wildman–Crippen LogP) is 3.71. The van der Waals surface area contributed by atoms with E-state index in [1.54, 1.807) is 0 Å². The molecule has 1 unspecified atom stereocenters. The number of aryl methyl sites for hydroxylation is 1. The molecule has 0 spiro atoms. The standard InChI is InChI=1S/C22H28N4O2/c1-3-23-21(27)13-18-9-6-7-11-26(18)15-17-14-25(2)24-22(17)20-12-16-8-4-5-10-19(16)28-20/h4-5,8,10,12,14,18H,3,6-7,9,11,13,15H2,1-2H3,(H,23,27). The lowest BCUT2D eigenvalue weighted by Gasteiger charge is -2.35. The molecule has 0 saturated carbocycles. The van der Waals surface area contributed by atoms with Crippen molar-refractivity contribution in [3.05, 3.63) is 42.1 Å². The number of nitrogens with zero attached hydrogens (tertiary/aromatic N) is 3. The summed E-state index contributed by atoms with van der Waals surface area (Å²) >= 11 is 0. The number of amides is 1. The van der Waals surface area contributed by atoms with Crippen LogP contribution in [0.2, 0.25) is 0 Å². The summed E-state index contributed by atoms with van der Waals surface area (Å²) in [5.41, 5.74) is 2.91. The SMILES string of the molecule is CCNC(=O)CC1CCCCN1Cc1cn(C)nc1-c1cc2ccccc2o1. The van der Waals surface area contributed by atoms with Gasteiger partial charge in [-0.25, -0.2) is 0 Å². The Balaban J connectivity index is 1.58. The van der Waals surface area contributed by atoms with E-state index in [4.69, 9.17) is 4.42 Å². The topological polar surface area (TPSA) is 63.3 Å². The predicted molar refractivity (Wildman–Crippen MR) is 110 cm³/mol. The molecule has 1 amide bonds. The van der Waals surface area contributed by atoms with Crippen molar-refractivity contribution in [1.29, 1.82) is 0 Å². The van der Waals surface area contributed by atoms with Crippen molar-refractivity contribution in [1.82, 2.24) is 20.0 Å². The Morgan fingerprint density at radius 3 is 3.00 bits per heavy atom. The Hall–Kier alpha value is -2.60. The van der Waals surface area contributed by atoms with Gasteiger partial charge in [0.2, 0.25) is 5.91 Å². The summed E-state index contributed by atoms with van der Waals surface area (Å²) in [6.45, 7) is 4.44. The zero-order chi connectivity index (χ0) is 19.5. The van der Waals surface area contributed by atoms with Gasteiger partial charge in [-0.1, -0.05) is 24.6 Å². The van der Waals surface area contributed by atoms with Crippen molar-refractivity contribution in [2.45, 2.75) is 45.2 Å². The molecule has 1 aliphatic rings. The van der Waals surface area contributed by atoms with Gasteiger partial charge in [-0.15, -0.1) is 0 Å². The molecule has 4 rings (SSSR count). The van der Waals surface area contributed by atoms with Crippen molar-refractivity contribution in [2.24, 2.45) is 7.05 Å². The fourth-order valence-electron chi connectivity index (χ4n) is 4.16. The van der Waals surface area contributed by atoms with E-state index in [0.717, 1.165) is 47.5 Å². The third kappa shape index (κ3) is 3.97. The molecule has 3 aromatic rings. The number of furan rings is 1. The highest BCUT2D eigenvalue weighted by molar-refractivity contribution is 5.82. The zero-order valence-electron chi connectivity index (χ0n) is 16.6. The van der Waals surface area contributed by atoms with E-state index in [1.165, 1.54) is 12.8 Å². The van der Waals surface area contributed by atoms with Crippen LogP contribution in [0.5, 0.6) is 0 Å². The number of rotatable bonds is 6. The maximum Gasteiger partial charge on any atom is 0.221 e. The molecule has 148 valence electrons. The Bertz CT molecular complexity index is 926. The molecular weight excluding hydrogens is 352 g/mol. The first-order valence-corrected chi connectivity index (χ1v) is 10.2. The van der Waals surface area contributed by atoms with Crippen LogP contribution in [0, 0.1) is 0 Å². The summed E-state index contributed by atoms with van der Waals surface area (Å²) in [6.07, 6.45) is 6.06. The minimum atomic E-state index is 0.142. The van der Waals surface area contributed by atoms with Gasteiger partial charge in [0.15, 0.2) is 5.76 Å². The van der Waals surface area contributed by atoms with Crippen molar-refractivity contribution in [3.63, 3.8) is 0 Å². The van der Waals surface area contributed by atoms with Crippen molar-refractivity contribution in [2.75, 3.05) is 13.1 Å². The lowest BCUT2D eigenvalue weighted by molar-refractivity contribution is -0.122. The summed E-state index contributed by atoms with van der Waals surface area (Å²) in [7, 11) is 1.94. The third-order valence-corrected chi connectivity index (χ3v) is 5.48. The Morgan fingerprint density at radius 2 is 2.18 bits per heavy atom. The van der Waals surface area contributed by atoms with Gasteiger partial charge in [-0.05, 0) is 38.4 Å². The van der Waals surface area contributed by atoms with Gasteiger partial charge in [0, 0.05) is 49.7 Å². The normalized spacial score (nSPS) is 17.9. The number of fused-ring (bicyclic) bond motifs is 1. The summed E-state index contributed by atoms with van der Waals surface area (Å²) < 4.78 is 7.91. The number of carbonyl (C=O) groups excluding carboxylic acids is 1. The molecule has 1 N–H and O–H groups in total. The van der Waals surface area contributed by atoms with Gasteiger partial charge >= 0.3 is 0 Å². The van der Waals surface area contributed by atoms with Crippen LogP contribution in [-0.4, -0.2) is 39.7 Å². The number of carbonyl (C=O) groups is 1. The highest BCUT2D eigenvalue weighted by atomic mass is 16.3. The summed E-state index contributed by atoms with van der Waals surface area (Å²) in [5, 5.41) is 8.69. The van der Waals surface area contributed by atoms with E-state index in [2.05, 4.69) is 33.6 Å². The number of likely N-dealkylation sites (tertiary alicyclic amines) is 1. The molecule has 1 aromatic carbocycles. The molecule has 1 saturated heterocycles. The number of nitrogens with one attached hydrogen (secondary N) is 1. The van der Waals surface area contributed by atoms with Crippen LogP contribution in [0.3, 0.4) is 0 Å². The molecule has 1 atom stereocenters. The first kappa shape index (κ1) is 18.7. The average Bonchev–Trinajstić information content (AvgIpc) is 3.26. The smallest absolute Gasteiger partial charge is 0.221 e. The molecule has 6 nitrogen and oxygen atoms in total. The van der Waals surface area contributed by atoms with Crippen molar-refractivity contribution >= 4 is 16.9 Å². The second kappa shape index (κ2) is 8.19.